The first-order chi connectivity index (χ1) is 19.7. The van der Waals surface area contributed by atoms with E-state index in [0.29, 0.717) is 22.5 Å². The Labute approximate surface area is 234 Å². The molecular weight excluding hydrogens is 514 g/mol. The summed E-state index contributed by atoms with van der Waals surface area (Å²) in [6, 6.07) is 40.8. The number of furan rings is 1. The summed E-state index contributed by atoms with van der Waals surface area (Å²) in [5.41, 5.74) is 4.32. The Balaban J connectivity index is 1.33. The first kappa shape index (κ1) is 22.9. The number of halogens is 1. The number of benzene rings is 6. The van der Waals surface area contributed by atoms with E-state index < -0.39 is 0 Å². The minimum Gasteiger partial charge on any atom is -0.456 e. The Morgan fingerprint density at radius 2 is 1.10 bits per heavy atom. The molecule has 0 radical (unpaired) electrons. The predicted octanol–water partition coefficient (Wildman–Crippen LogP) is 9.73. The van der Waals surface area contributed by atoms with Crippen molar-refractivity contribution in [1.82, 2.24) is 15.0 Å². The summed E-state index contributed by atoms with van der Waals surface area (Å²) in [5, 5.41) is 7.28. The van der Waals surface area contributed by atoms with Crippen LogP contribution in [-0.4, -0.2) is 15.0 Å². The summed E-state index contributed by atoms with van der Waals surface area (Å²) in [6.45, 7) is 0. The molecule has 0 aliphatic rings. The van der Waals surface area contributed by atoms with E-state index in [-0.39, 0.29) is 0 Å². The molecule has 2 heterocycles. The topological polar surface area (TPSA) is 51.8 Å². The van der Waals surface area contributed by atoms with Crippen molar-refractivity contribution in [3.8, 4) is 34.2 Å². The van der Waals surface area contributed by atoms with Crippen LogP contribution in [0.3, 0.4) is 0 Å². The van der Waals surface area contributed by atoms with Crippen molar-refractivity contribution >= 4 is 55.1 Å². The van der Waals surface area contributed by atoms with Crippen LogP contribution in [0.5, 0.6) is 0 Å². The van der Waals surface area contributed by atoms with Crippen molar-refractivity contribution in [3.05, 3.63) is 126 Å². The molecule has 0 unspecified atom stereocenters. The summed E-state index contributed by atoms with van der Waals surface area (Å²) in [4.78, 5) is 14.7. The molecule has 0 aliphatic carbocycles. The van der Waals surface area contributed by atoms with E-state index in [4.69, 9.17) is 31.0 Å². The van der Waals surface area contributed by atoms with Crippen LogP contribution in [0.2, 0.25) is 5.02 Å². The fraction of sp³-hybridized carbons (Fsp3) is 0. The minimum atomic E-state index is 0.590. The van der Waals surface area contributed by atoms with Crippen LogP contribution in [0.25, 0.3) is 77.6 Å². The fourth-order valence-corrected chi connectivity index (χ4v) is 5.56. The predicted molar refractivity (Wildman–Crippen MR) is 163 cm³/mol. The van der Waals surface area contributed by atoms with Gasteiger partial charge in [-0.05, 0) is 57.9 Å². The normalized spacial score (nSPS) is 11.6. The number of hydrogen-bond donors (Lipinski definition) is 0. The Morgan fingerprint density at radius 1 is 0.450 bits per heavy atom. The molecule has 8 rings (SSSR count). The molecule has 188 valence electrons. The number of aromatic nitrogens is 3. The lowest BCUT2D eigenvalue weighted by Crippen LogP contribution is -2.00. The van der Waals surface area contributed by atoms with E-state index >= 15 is 0 Å². The van der Waals surface area contributed by atoms with E-state index in [9.17, 15) is 0 Å². The minimum absolute atomic E-state index is 0.590. The SMILES string of the molecule is Clc1ccc2ccc3oc4cc(-c5nc(-c6ccccc6)nc(-c6ccc7ccccc7c6)n5)ccc4c3c2c1. The van der Waals surface area contributed by atoms with Gasteiger partial charge in [0.25, 0.3) is 0 Å². The molecule has 4 nitrogen and oxygen atoms in total. The summed E-state index contributed by atoms with van der Waals surface area (Å²) in [5.74, 6) is 1.84. The number of fused-ring (bicyclic) bond motifs is 6. The molecule has 8 aromatic rings. The molecule has 0 spiro atoms. The Hall–Kier alpha value is -5.06. The van der Waals surface area contributed by atoms with E-state index in [1.54, 1.807) is 0 Å². The number of nitrogens with zero attached hydrogens (tertiary/aromatic N) is 3. The molecule has 6 aromatic carbocycles. The maximum Gasteiger partial charge on any atom is 0.164 e. The molecule has 0 N–H and O–H groups in total. The smallest absolute Gasteiger partial charge is 0.164 e. The van der Waals surface area contributed by atoms with Crippen LogP contribution in [0, 0.1) is 0 Å². The first-order valence-corrected chi connectivity index (χ1v) is 13.4. The van der Waals surface area contributed by atoms with Crippen molar-refractivity contribution in [2.75, 3.05) is 0 Å². The molecule has 0 aliphatic heterocycles. The average Bonchev–Trinajstić information content (AvgIpc) is 3.39. The molecule has 0 saturated carbocycles. The summed E-state index contributed by atoms with van der Waals surface area (Å²) in [6.07, 6.45) is 0. The molecular formula is C35H20ClN3O. The van der Waals surface area contributed by atoms with Gasteiger partial charge >= 0.3 is 0 Å². The van der Waals surface area contributed by atoms with Crippen molar-refractivity contribution in [2.24, 2.45) is 0 Å². The highest BCUT2D eigenvalue weighted by Crippen LogP contribution is 2.37. The lowest BCUT2D eigenvalue weighted by atomic mass is 10.0. The van der Waals surface area contributed by atoms with Gasteiger partial charge in [-0.15, -0.1) is 0 Å². The van der Waals surface area contributed by atoms with Crippen LogP contribution >= 0.6 is 11.6 Å². The van der Waals surface area contributed by atoms with Crippen molar-refractivity contribution in [2.45, 2.75) is 0 Å². The third kappa shape index (κ3) is 3.81. The van der Waals surface area contributed by atoms with Gasteiger partial charge in [-0.2, -0.15) is 0 Å². The Bertz CT molecular complexity index is 2240. The van der Waals surface area contributed by atoms with E-state index in [0.717, 1.165) is 54.8 Å². The van der Waals surface area contributed by atoms with Gasteiger partial charge in [0.2, 0.25) is 0 Å². The largest absolute Gasteiger partial charge is 0.456 e. The summed E-state index contributed by atoms with van der Waals surface area (Å²) in [7, 11) is 0. The van der Waals surface area contributed by atoms with Crippen LogP contribution in [0.15, 0.2) is 126 Å². The average molecular weight is 534 g/mol. The van der Waals surface area contributed by atoms with Gasteiger partial charge in [-0.3, -0.25) is 0 Å². The highest BCUT2D eigenvalue weighted by molar-refractivity contribution is 6.32. The highest BCUT2D eigenvalue weighted by Gasteiger charge is 2.16. The second kappa shape index (κ2) is 9.01. The van der Waals surface area contributed by atoms with Gasteiger partial charge < -0.3 is 4.42 Å². The molecule has 5 heteroatoms. The van der Waals surface area contributed by atoms with Gasteiger partial charge in [0, 0.05) is 32.5 Å². The van der Waals surface area contributed by atoms with Crippen molar-refractivity contribution < 1.29 is 4.42 Å². The van der Waals surface area contributed by atoms with Crippen LogP contribution < -0.4 is 0 Å². The molecule has 0 amide bonds. The van der Waals surface area contributed by atoms with Gasteiger partial charge in [-0.25, -0.2) is 15.0 Å². The number of hydrogen-bond acceptors (Lipinski definition) is 4. The molecule has 40 heavy (non-hydrogen) atoms. The zero-order chi connectivity index (χ0) is 26.6. The summed E-state index contributed by atoms with van der Waals surface area (Å²) >= 11 is 6.35. The second-order valence-corrected chi connectivity index (χ2v) is 10.3. The lowest BCUT2D eigenvalue weighted by molar-refractivity contribution is 0.669. The monoisotopic (exact) mass is 533 g/mol. The van der Waals surface area contributed by atoms with Gasteiger partial charge in [0.15, 0.2) is 17.5 Å². The first-order valence-electron chi connectivity index (χ1n) is 13.1. The van der Waals surface area contributed by atoms with Crippen LogP contribution in [0.4, 0.5) is 0 Å². The summed E-state index contributed by atoms with van der Waals surface area (Å²) < 4.78 is 6.33. The Kier molecular flexibility index (Phi) is 5.15. The standard InChI is InChI=1S/C35H20ClN3O/c36-27-15-12-22-14-17-30-32(29(22)20-27)28-16-13-26(19-31(28)40-30)35-38-33(23-7-2-1-3-8-23)37-34(39-35)25-11-10-21-6-4-5-9-24(21)18-25/h1-20H. The zero-order valence-corrected chi connectivity index (χ0v) is 21.9. The van der Waals surface area contributed by atoms with E-state index in [2.05, 4.69) is 48.5 Å². The van der Waals surface area contributed by atoms with Crippen molar-refractivity contribution in [3.63, 3.8) is 0 Å². The number of rotatable bonds is 3. The molecule has 0 saturated heterocycles. The van der Waals surface area contributed by atoms with Crippen LogP contribution in [0.1, 0.15) is 0 Å². The van der Waals surface area contributed by atoms with Gasteiger partial charge in [0.1, 0.15) is 11.2 Å². The fourth-order valence-electron chi connectivity index (χ4n) is 5.38. The lowest BCUT2D eigenvalue weighted by Gasteiger charge is -2.09. The molecule has 0 bridgehead atoms. The van der Waals surface area contributed by atoms with Crippen molar-refractivity contribution in [1.29, 1.82) is 0 Å². The zero-order valence-electron chi connectivity index (χ0n) is 21.2. The van der Waals surface area contributed by atoms with E-state index in [1.165, 1.54) is 5.39 Å². The molecule has 0 fully saturated rings. The van der Waals surface area contributed by atoms with E-state index in [1.807, 2.05) is 72.8 Å². The third-order valence-electron chi connectivity index (χ3n) is 7.35. The quantitative estimate of drug-likeness (QED) is 0.227. The second-order valence-electron chi connectivity index (χ2n) is 9.85. The maximum atomic E-state index is 6.35. The van der Waals surface area contributed by atoms with Gasteiger partial charge in [0.05, 0.1) is 0 Å². The molecule has 2 aromatic heterocycles. The highest BCUT2D eigenvalue weighted by atomic mass is 35.5. The third-order valence-corrected chi connectivity index (χ3v) is 7.58. The molecule has 0 atom stereocenters. The Morgan fingerprint density at radius 3 is 1.93 bits per heavy atom. The van der Waals surface area contributed by atoms with Crippen LogP contribution in [-0.2, 0) is 0 Å². The van der Waals surface area contributed by atoms with Gasteiger partial charge in [-0.1, -0.05) is 96.5 Å². The maximum absolute atomic E-state index is 6.35.